The minimum absolute atomic E-state index is 0.0885. The maximum absolute atomic E-state index is 11.7. The van der Waals surface area contributed by atoms with Crippen molar-refractivity contribution < 1.29 is 9.59 Å². The summed E-state index contributed by atoms with van der Waals surface area (Å²) in [5.41, 5.74) is 1.36. The smallest absolute Gasteiger partial charge is 0.251 e. The van der Waals surface area contributed by atoms with E-state index in [-0.39, 0.29) is 17.7 Å². The van der Waals surface area contributed by atoms with E-state index in [0.717, 1.165) is 24.9 Å². The van der Waals surface area contributed by atoms with Crippen molar-refractivity contribution in [2.75, 3.05) is 11.9 Å². The third kappa shape index (κ3) is 2.88. The molecule has 0 bridgehead atoms. The fraction of sp³-hybridized carbons (Fsp3) is 0.429. The van der Waals surface area contributed by atoms with Crippen molar-refractivity contribution in [3.05, 3.63) is 29.8 Å². The third-order valence-corrected chi connectivity index (χ3v) is 3.23. The summed E-state index contributed by atoms with van der Waals surface area (Å²) in [6, 6.07) is 6.98. The number of hydrogen-bond donors (Lipinski definition) is 2. The first kappa shape index (κ1) is 12.6. The second-order valence-electron chi connectivity index (χ2n) is 4.55. The van der Waals surface area contributed by atoms with E-state index in [1.165, 1.54) is 0 Å². The molecule has 1 fully saturated rings. The molecule has 1 aromatic carbocycles. The number of benzene rings is 1. The number of carbonyl (C=O) groups is 2. The maximum atomic E-state index is 11.7. The number of anilines is 1. The molecule has 4 nitrogen and oxygen atoms in total. The van der Waals surface area contributed by atoms with Crippen LogP contribution in [-0.2, 0) is 4.79 Å². The first-order valence-electron chi connectivity index (χ1n) is 6.40. The lowest BCUT2D eigenvalue weighted by molar-refractivity contribution is -0.122. The zero-order chi connectivity index (χ0) is 13.0. The summed E-state index contributed by atoms with van der Waals surface area (Å²) in [5.74, 6) is 0.175. The molecule has 96 valence electrons. The Hall–Kier alpha value is -1.84. The molecule has 0 atom stereocenters. The standard InChI is InChI=1S/C14H18N2O2/c1-2-15-13(17)11-6-8-12(9-7-11)16-14(18)10-4-3-5-10/h6-10H,2-5H2,1H3,(H,15,17)(H,16,18). The lowest BCUT2D eigenvalue weighted by Gasteiger charge is -2.24. The molecule has 0 spiro atoms. The molecular weight excluding hydrogens is 228 g/mol. The van der Waals surface area contributed by atoms with Gasteiger partial charge < -0.3 is 10.6 Å². The van der Waals surface area contributed by atoms with Gasteiger partial charge in [0.25, 0.3) is 5.91 Å². The van der Waals surface area contributed by atoms with E-state index in [1.54, 1.807) is 24.3 Å². The van der Waals surface area contributed by atoms with Crippen LogP contribution >= 0.6 is 0 Å². The average Bonchev–Trinajstić information content (AvgIpc) is 2.27. The fourth-order valence-corrected chi connectivity index (χ4v) is 1.88. The third-order valence-electron chi connectivity index (χ3n) is 3.23. The van der Waals surface area contributed by atoms with E-state index in [4.69, 9.17) is 0 Å². The van der Waals surface area contributed by atoms with Gasteiger partial charge in [0, 0.05) is 23.7 Å². The number of amides is 2. The van der Waals surface area contributed by atoms with Crippen LogP contribution in [0.1, 0.15) is 36.5 Å². The molecule has 0 aliphatic heterocycles. The van der Waals surface area contributed by atoms with E-state index in [1.807, 2.05) is 6.92 Å². The Morgan fingerprint density at radius 1 is 1.22 bits per heavy atom. The van der Waals surface area contributed by atoms with E-state index in [9.17, 15) is 9.59 Å². The van der Waals surface area contributed by atoms with Gasteiger partial charge in [0.1, 0.15) is 0 Å². The van der Waals surface area contributed by atoms with Crippen molar-refractivity contribution >= 4 is 17.5 Å². The number of carbonyl (C=O) groups excluding carboxylic acids is 2. The molecule has 0 radical (unpaired) electrons. The van der Waals surface area contributed by atoms with Crippen molar-refractivity contribution in [3.8, 4) is 0 Å². The van der Waals surface area contributed by atoms with Gasteiger partial charge in [-0.05, 0) is 44.0 Å². The highest BCUT2D eigenvalue weighted by molar-refractivity contribution is 5.96. The molecule has 0 saturated heterocycles. The lowest BCUT2D eigenvalue weighted by atomic mass is 9.85. The van der Waals surface area contributed by atoms with Gasteiger partial charge in [-0.3, -0.25) is 9.59 Å². The Bertz CT molecular complexity index is 436. The summed E-state index contributed by atoms with van der Waals surface area (Å²) in [6.45, 7) is 2.49. The van der Waals surface area contributed by atoms with Crippen LogP contribution < -0.4 is 10.6 Å². The molecule has 2 N–H and O–H groups in total. The van der Waals surface area contributed by atoms with Crippen LogP contribution in [0, 0.1) is 5.92 Å². The molecular formula is C14H18N2O2. The fourth-order valence-electron chi connectivity index (χ4n) is 1.88. The highest BCUT2D eigenvalue weighted by Crippen LogP contribution is 2.27. The topological polar surface area (TPSA) is 58.2 Å². The minimum atomic E-state index is -0.0885. The van der Waals surface area contributed by atoms with Crippen LogP contribution in [0.4, 0.5) is 5.69 Å². The molecule has 1 aliphatic carbocycles. The second-order valence-corrected chi connectivity index (χ2v) is 4.55. The second kappa shape index (κ2) is 5.67. The predicted molar refractivity (Wildman–Crippen MR) is 70.4 cm³/mol. The van der Waals surface area contributed by atoms with Crippen molar-refractivity contribution in [1.29, 1.82) is 0 Å². The molecule has 0 unspecified atom stereocenters. The van der Waals surface area contributed by atoms with Gasteiger partial charge in [-0.15, -0.1) is 0 Å². The predicted octanol–water partition coefficient (Wildman–Crippen LogP) is 2.17. The van der Waals surface area contributed by atoms with Gasteiger partial charge in [0.2, 0.25) is 5.91 Å². The van der Waals surface area contributed by atoms with Crippen molar-refractivity contribution in [2.45, 2.75) is 26.2 Å². The van der Waals surface area contributed by atoms with E-state index in [2.05, 4.69) is 10.6 Å². The first-order valence-corrected chi connectivity index (χ1v) is 6.40. The van der Waals surface area contributed by atoms with Crippen molar-refractivity contribution in [3.63, 3.8) is 0 Å². The van der Waals surface area contributed by atoms with Crippen LogP contribution in [0.5, 0.6) is 0 Å². The Balaban J connectivity index is 1.94. The van der Waals surface area contributed by atoms with Gasteiger partial charge in [-0.25, -0.2) is 0 Å². The van der Waals surface area contributed by atoms with Gasteiger partial charge in [-0.2, -0.15) is 0 Å². The summed E-state index contributed by atoms with van der Waals surface area (Å²) >= 11 is 0. The molecule has 1 saturated carbocycles. The summed E-state index contributed by atoms with van der Waals surface area (Å²) in [7, 11) is 0. The molecule has 1 aromatic rings. The highest BCUT2D eigenvalue weighted by Gasteiger charge is 2.25. The van der Waals surface area contributed by atoms with Crippen LogP contribution in [0.15, 0.2) is 24.3 Å². The van der Waals surface area contributed by atoms with E-state index in [0.29, 0.717) is 12.1 Å². The summed E-state index contributed by atoms with van der Waals surface area (Å²) in [4.78, 5) is 23.3. The Morgan fingerprint density at radius 2 is 1.89 bits per heavy atom. The molecule has 1 aliphatic rings. The van der Waals surface area contributed by atoms with Gasteiger partial charge in [0.15, 0.2) is 0 Å². The Morgan fingerprint density at radius 3 is 2.39 bits per heavy atom. The largest absolute Gasteiger partial charge is 0.352 e. The van der Waals surface area contributed by atoms with Crippen molar-refractivity contribution in [2.24, 2.45) is 5.92 Å². The molecule has 0 heterocycles. The molecule has 2 amide bonds. The summed E-state index contributed by atoms with van der Waals surface area (Å²) in [5, 5.41) is 5.60. The van der Waals surface area contributed by atoms with Gasteiger partial charge in [-0.1, -0.05) is 6.42 Å². The molecule has 2 rings (SSSR count). The first-order chi connectivity index (χ1) is 8.70. The van der Waals surface area contributed by atoms with E-state index < -0.39 is 0 Å². The van der Waals surface area contributed by atoms with Crippen LogP contribution in [0.3, 0.4) is 0 Å². The quantitative estimate of drug-likeness (QED) is 0.855. The molecule has 4 heteroatoms. The van der Waals surface area contributed by atoms with Crippen molar-refractivity contribution in [1.82, 2.24) is 5.32 Å². The zero-order valence-corrected chi connectivity index (χ0v) is 10.5. The Kier molecular flexibility index (Phi) is 3.97. The Labute approximate surface area is 107 Å². The van der Waals surface area contributed by atoms with E-state index >= 15 is 0 Å². The summed E-state index contributed by atoms with van der Waals surface area (Å²) < 4.78 is 0. The lowest BCUT2D eigenvalue weighted by Crippen LogP contribution is -2.28. The van der Waals surface area contributed by atoms with Gasteiger partial charge in [0.05, 0.1) is 0 Å². The minimum Gasteiger partial charge on any atom is -0.352 e. The number of nitrogens with one attached hydrogen (secondary N) is 2. The van der Waals surface area contributed by atoms with Crippen LogP contribution in [-0.4, -0.2) is 18.4 Å². The zero-order valence-electron chi connectivity index (χ0n) is 10.5. The molecule has 0 aromatic heterocycles. The maximum Gasteiger partial charge on any atom is 0.251 e. The highest BCUT2D eigenvalue weighted by atomic mass is 16.2. The monoisotopic (exact) mass is 246 g/mol. The van der Waals surface area contributed by atoms with Crippen LogP contribution in [0.25, 0.3) is 0 Å². The van der Waals surface area contributed by atoms with Crippen LogP contribution in [0.2, 0.25) is 0 Å². The van der Waals surface area contributed by atoms with Gasteiger partial charge >= 0.3 is 0 Å². The SMILES string of the molecule is CCNC(=O)c1ccc(NC(=O)C2CCC2)cc1. The summed E-state index contributed by atoms with van der Waals surface area (Å²) in [6.07, 6.45) is 3.12. The average molecular weight is 246 g/mol. The number of hydrogen-bond acceptors (Lipinski definition) is 2. The number of rotatable bonds is 4. The normalized spacial score (nSPS) is 14.7. The molecule has 18 heavy (non-hydrogen) atoms.